The molecule has 0 bridgehead atoms. The molecule has 3 N–H and O–H groups in total. The van der Waals surface area contributed by atoms with Crippen LogP contribution in [0.1, 0.15) is 285 Å². The van der Waals surface area contributed by atoms with E-state index in [1.54, 1.807) is 0 Å². The Labute approximate surface area is 617 Å². The summed E-state index contributed by atoms with van der Waals surface area (Å²) in [6.45, 7) is 4.37. The molecule has 0 saturated carbocycles. The fourth-order valence-electron chi connectivity index (χ4n) is 9.63. The predicted octanol–water partition coefficient (Wildman–Crippen LogP) is 22.4. The summed E-state index contributed by atoms with van der Waals surface area (Å²) in [4.78, 5) is 72.9. The van der Waals surface area contributed by atoms with Gasteiger partial charge in [0.1, 0.15) is 19.3 Å². The van der Waals surface area contributed by atoms with E-state index < -0.39 is 97.5 Å². The van der Waals surface area contributed by atoms with Crippen LogP contribution >= 0.6 is 15.6 Å². The van der Waals surface area contributed by atoms with Crippen molar-refractivity contribution in [2.45, 2.75) is 303 Å². The first-order chi connectivity index (χ1) is 49.7. The number of hydrogen-bond donors (Lipinski definition) is 3. The van der Waals surface area contributed by atoms with Crippen LogP contribution in [0.4, 0.5) is 0 Å². The summed E-state index contributed by atoms with van der Waals surface area (Å²) in [5.41, 5.74) is 0. The highest BCUT2D eigenvalue weighted by molar-refractivity contribution is 7.47. The maximum Gasteiger partial charge on any atom is 0.472 e. The van der Waals surface area contributed by atoms with E-state index in [-0.39, 0.29) is 25.7 Å². The van der Waals surface area contributed by atoms with E-state index in [1.165, 1.54) is 0 Å². The Bertz CT molecular complexity index is 2550. The summed E-state index contributed by atoms with van der Waals surface area (Å²) >= 11 is 0. The summed E-state index contributed by atoms with van der Waals surface area (Å²) in [7, 11) is -9.99. The first kappa shape index (κ1) is 96.7. The molecule has 0 rings (SSSR count). The molecule has 0 radical (unpaired) electrons. The lowest BCUT2D eigenvalue weighted by atomic mass is 10.1. The van der Waals surface area contributed by atoms with Crippen molar-refractivity contribution in [3.8, 4) is 0 Å². The molecule has 19 heteroatoms. The van der Waals surface area contributed by atoms with Gasteiger partial charge >= 0.3 is 39.5 Å². The molecule has 0 aliphatic heterocycles. The van der Waals surface area contributed by atoms with Crippen molar-refractivity contribution >= 4 is 39.5 Å². The SMILES string of the molecule is CC/C=C\C/C=C\C/C=C\C/C=C\C/C=C\C/C=C\CCC(=O)OCC(COP(=O)(O)OCC(O)COP(=O)(O)OCC(COC(=O)CCCCCCCCC/C=C\C/C=C\C/C=C\CC)OC(=O)CCCCCCC/C=C\C/C=C\CCC)OC(=O)CCCCCCC/C=C\C/C=C\CCC. The summed E-state index contributed by atoms with van der Waals surface area (Å²) in [6, 6.07) is 0. The number of unbranched alkanes of at least 4 members (excludes halogenated alkanes) is 19. The van der Waals surface area contributed by atoms with E-state index in [0.717, 1.165) is 199 Å². The van der Waals surface area contributed by atoms with Crippen molar-refractivity contribution in [1.29, 1.82) is 0 Å². The number of phosphoric acid groups is 2. The summed E-state index contributed by atoms with van der Waals surface area (Å²) in [5.74, 6) is -2.32. The topological polar surface area (TPSA) is 237 Å². The van der Waals surface area contributed by atoms with E-state index in [0.29, 0.717) is 32.1 Å². The van der Waals surface area contributed by atoms with Gasteiger partial charge in [0.15, 0.2) is 12.2 Å². The number of aliphatic hydroxyl groups is 1. The van der Waals surface area contributed by atoms with Crippen LogP contribution in [0, 0.1) is 0 Å². The molecule has 0 aromatic carbocycles. The Morgan fingerprint density at radius 3 is 0.843 bits per heavy atom. The molecule has 0 spiro atoms. The second kappa shape index (κ2) is 74.0. The van der Waals surface area contributed by atoms with Gasteiger partial charge in [0, 0.05) is 25.7 Å². The number of carbonyl (C=O) groups is 4. The lowest BCUT2D eigenvalue weighted by Crippen LogP contribution is -2.30. The average molecular weight is 1470 g/mol. The van der Waals surface area contributed by atoms with E-state index in [4.69, 9.17) is 37.0 Å². The van der Waals surface area contributed by atoms with Crippen LogP contribution < -0.4 is 0 Å². The summed E-state index contributed by atoms with van der Waals surface area (Å²) < 4.78 is 68.4. The van der Waals surface area contributed by atoms with Crippen molar-refractivity contribution in [2.75, 3.05) is 39.6 Å². The van der Waals surface area contributed by atoms with E-state index >= 15 is 0 Å². The molecule has 5 unspecified atom stereocenters. The van der Waals surface area contributed by atoms with Crippen molar-refractivity contribution in [3.63, 3.8) is 0 Å². The van der Waals surface area contributed by atoms with E-state index in [2.05, 4.69) is 167 Å². The minimum atomic E-state index is -5.00. The number of esters is 4. The van der Waals surface area contributed by atoms with Crippen molar-refractivity contribution in [3.05, 3.63) is 158 Å². The molecule has 0 aliphatic carbocycles. The highest BCUT2D eigenvalue weighted by Crippen LogP contribution is 2.45. The smallest absolute Gasteiger partial charge is 0.462 e. The van der Waals surface area contributed by atoms with Gasteiger partial charge in [0.25, 0.3) is 0 Å². The van der Waals surface area contributed by atoms with Crippen molar-refractivity contribution in [2.24, 2.45) is 0 Å². The van der Waals surface area contributed by atoms with Gasteiger partial charge in [-0.15, -0.1) is 0 Å². The van der Waals surface area contributed by atoms with Gasteiger partial charge in [-0.05, 0) is 148 Å². The maximum absolute atomic E-state index is 13.1. The highest BCUT2D eigenvalue weighted by atomic mass is 31.2. The molecule has 0 aromatic rings. The van der Waals surface area contributed by atoms with Crippen LogP contribution in [-0.2, 0) is 65.4 Å². The number of ether oxygens (including phenoxy) is 4. The molecule has 0 heterocycles. The van der Waals surface area contributed by atoms with Gasteiger partial charge in [-0.1, -0.05) is 269 Å². The Morgan fingerprint density at radius 2 is 0.529 bits per heavy atom. The quantitative estimate of drug-likeness (QED) is 0.0169. The molecular weight excluding hydrogens is 1330 g/mol. The van der Waals surface area contributed by atoms with Gasteiger partial charge in [0.05, 0.1) is 26.4 Å². The lowest BCUT2D eigenvalue weighted by molar-refractivity contribution is -0.161. The van der Waals surface area contributed by atoms with Gasteiger partial charge in [-0.25, -0.2) is 9.13 Å². The zero-order valence-electron chi connectivity index (χ0n) is 63.2. The largest absolute Gasteiger partial charge is 0.472 e. The van der Waals surface area contributed by atoms with Crippen LogP contribution in [-0.4, -0.2) is 96.7 Å². The highest BCUT2D eigenvalue weighted by Gasteiger charge is 2.30. The molecular formula is C83H136O17P2. The normalized spacial score (nSPS) is 14.8. The number of hydrogen-bond acceptors (Lipinski definition) is 15. The fraction of sp³-hybridized carbons (Fsp3) is 0.639. The molecule has 5 atom stereocenters. The third-order valence-electron chi connectivity index (χ3n) is 15.4. The standard InChI is InChI=1S/C83H136O17P2/c1-5-9-13-17-21-25-29-33-35-37-38-40-42-46-48-52-56-60-64-68-81(86)94-74-79(100-83(88)70-66-62-58-54-50-44-32-28-24-20-16-12-8-4)76-98-102(91,92)96-72-77(84)71-95-101(89,90)97-75-78(99-82(87)69-65-61-57-53-49-43-31-27-23-19-15-11-7-3)73-93-80(85)67-63-59-55-51-47-45-41-39-36-34-30-26-22-18-14-10-6-2/h9-10,13-16,19-22,25-28,31-36,38,40,46,48,56,60,77-79,84H,5-8,11-12,17-18,23-24,29-30,37,39,41-45,47,49-55,57-59,61-76H2,1-4H3,(H,89,90)(H,91,92)/b13-9-,14-10-,19-15-,20-16-,25-21-,26-22-,31-27-,32-28-,35-33-,36-34-,40-38-,48-46-,60-56-. The molecule has 0 saturated heterocycles. The van der Waals surface area contributed by atoms with Gasteiger partial charge in [-0.3, -0.25) is 37.3 Å². The van der Waals surface area contributed by atoms with Gasteiger partial charge in [-0.2, -0.15) is 0 Å². The number of rotatable bonds is 71. The Kier molecular flexibility index (Phi) is 70.1. The van der Waals surface area contributed by atoms with Crippen LogP contribution in [0.3, 0.4) is 0 Å². The Hall–Kier alpha value is -5.32. The molecule has 102 heavy (non-hydrogen) atoms. The minimum Gasteiger partial charge on any atom is -0.462 e. The maximum atomic E-state index is 13.1. The second-order valence-corrected chi connectivity index (χ2v) is 28.1. The minimum absolute atomic E-state index is 0.0282. The van der Waals surface area contributed by atoms with Gasteiger partial charge in [0.2, 0.25) is 0 Å². The summed E-state index contributed by atoms with van der Waals surface area (Å²) in [5, 5.41) is 10.6. The molecule has 0 fully saturated rings. The zero-order chi connectivity index (χ0) is 74.6. The van der Waals surface area contributed by atoms with E-state index in [1.807, 2.05) is 18.2 Å². The molecule has 0 aromatic heterocycles. The molecule has 580 valence electrons. The third kappa shape index (κ3) is 73.0. The number of aliphatic hydroxyl groups excluding tert-OH is 1. The first-order valence-electron chi connectivity index (χ1n) is 38.7. The lowest BCUT2D eigenvalue weighted by Gasteiger charge is -2.21. The number of allylic oxidation sites excluding steroid dienone is 26. The fourth-order valence-corrected chi connectivity index (χ4v) is 11.2. The van der Waals surface area contributed by atoms with Crippen LogP contribution in [0.5, 0.6) is 0 Å². The monoisotopic (exact) mass is 1470 g/mol. The summed E-state index contributed by atoms with van der Waals surface area (Å²) in [6.07, 6.45) is 85.3. The van der Waals surface area contributed by atoms with Gasteiger partial charge < -0.3 is 33.8 Å². The third-order valence-corrected chi connectivity index (χ3v) is 17.3. The Morgan fingerprint density at radius 1 is 0.284 bits per heavy atom. The number of phosphoric ester groups is 2. The molecule has 17 nitrogen and oxygen atoms in total. The van der Waals surface area contributed by atoms with Crippen molar-refractivity contribution < 1.29 is 80.2 Å². The number of carbonyl (C=O) groups excluding carboxylic acids is 4. The zero-order valence-corrected chi connectivity index (χ0v) is 65.0. The molecule has 0 amide bonds. The van der Waals surface area contributed by atoms with Crippen LogP contribution in [0.15, 0.2) is 158 Å². The average Bonchev–Trinajstić information content (AvgIpc) is 0.909. The Balaban J connectivity index is 5.42. The first-order valence-corrected chi connectivity index (χ1v) is 41.7. The van der Waals surface area contributed by atoms with E-state index in [9.17, 15) is 43.2 Å². The second-order valence-electron chi connectivity index (χ2n) is 25.2. The van der Waals surface area contributed by atoms with Crippen LogP contribution in [0.25, 0.3) is 0 Å². The predicted molar refractivity (Wildman–Crippen MR) is 417 cm³/mol. The van der Waals surface area contributed by atoms with Crippen molar-refractivity contribution in [1.82, 2.24) is 0 Å². The molecule has 0 aliphatic rings. The van der Waals surface area contributed by atoms with Crippen LogP contribution in [0.2, 0.25) is 0 Å².